The van der Waals surface area contributed by atoms with Crippen molar-refractivity contribution in [3.8, 4) is 0 Å². The van der Waals surface area contributed by atoms with Crippen LogP contribution >= 0.6 is 0 Å². The predicted octanol–water partition coefficient (Wildman–Crippen LogP) is 1.63. The van der Waals surface area contributed by atoms with E-state index in [-0.39, 0.29) is 18.5 Å². The highest BCUT2D eigenvalue weighted by atomic mass is 16.5. The molecule has 8 heteroatoms. The minimum absolute atomic E-state index is 0.180. The number of aliphatic hydroxyl groups excluding tert-OH is 1. The Hall–Kier alpha value is -2.55. The molecule has 172 valence electrons. The summed E-state index contributed by atoms with van der Waals surface area (Å²) in [6, 6.07) is 10.3. The second-order valence-electron chi connectivity index (χ2n) is 9.15. The molecule has 1 fully saturated rings. The molecule has 3 heterocycles. The van der Waals surface area contributed by atoms with Crippen molar-refractivity contribution in [2.45, 2.75) is 45.4 Å². The van der Waals surface area contributed by atoms with E-state index in [0.717, 1.165) is 19.5 Å². The Labute approximate surface area is 189 Å². The molecular formula is C24H33N5O3. The quantitative estimate of drug-likeness (QED) is 0.546. The van der Waals surface area contributed by atoms with Gasteiger partial charge in [0.25, 0.3) is 5.91 Å². The highest BCUT2D eigenvalue weighted by Crippen LogP contribution is 2.18. The van der Waals surface area contributed by atoms with E-state index >= 15 is 0 Å². The van der Waals surface area contributed by atoms with E-state index in [0.29, 0.717) is 49.4 Å². The number of carbonyl (C=O) groups excluding carboxylic acids is 1. The van der Waals surface area contributed by atoms with Crippen molar-refractivity contribution in [2.75, 3.05) is 38.2 Å². The normalized spacial score (nSPS) is 17.5. The number of nitrogens with zero attached hydrogens (tertiary/aromatic N) is 3. The number of fused-ring (bicyclic) bond motifs is 1. The van der Waals surface area contributed by atoms with Crippen LogP contribution in [0, 0.1) is 5.92 Å². The Bertz CT molecular complexity index is 932. The monoisotopic (exact) mass is 439 g/mol. The van der Waals surface area contributed by atoms with Gasteiger partial charge in [-0.2, -0.15) is 0 Å². The zero-order chi connectivity index (χ0) is 22.5. The summed E-state index contributed by atoms with van der Waals surface area (Å²) >= 11 is 0. The number of aliphatic hydroxyl groups is 1. The lowest BCUT2D eigenvalue weighted by atomic mass is 10.00. The molecule has 0 aliphatic carbocycles. The summed E-state index contributed by atoms with van der Waals surface area (Å²) < 4.78 is 5.21. The van der Waals surface area contributed by atoms with Crippen molar-refractivity contribution in [3.63, 3.8) is 0 Å². The number of amides is 1. The number of aromatic nitrogens is 2. The lowest BCUT2D eigenvalue weighted by molar-refractivity contribution is 0.0209. The molecule has 0 saturated carbocycles. The number of nitrogens with one attached hydrogen (secondary N) is 2. The fourth-order valence-electron chi connectivity index (χ4n) is 4.05. The Morgan fingerprint density at radius 3 is 2.75 bits per heavy atom. The molecule has 4 rings (SSSR count). The molecule has 2 aliphatic heterocycles. The average molecular weight is 440 g/mol. The minimum atomic E-state index is -0.647. The molecular weight excluding hydrogens is 406 g/mol. The molecule has 1 aromatic heterocycles. The van der Waals surface area contributed by atoms with Gasteiger partial charge in [-0.3, -0.25) is 9.69 Å². The topological polar surface area (TPSA) is 99.6 Å². The molecule has 3 N–H and O–H groups in total. The molecule has 1 saturated heterocycles. The highest BCUT2D eigenvalue weighted by Gasteiger charge is 2.22. The molecule has 0 bridgehead atoms. The summed E-state index contributed by atoms with van der Waals surface area (Å²) in [6.07, 6.45) is 1.03. The van der Waals surface area contributed by atoms with E-state index in [2.05, 4.69) is 63.6 Å². The van der Waals surface area contributed by atoms with Crippen molar-refractivity contribution < 1.29 is 14.6 Å². The average Bonchev–Trinajstić information content (AvgIpc) is 2.74. The first kappa shape index (κ1) is 22.6. The zero-order valence-corrected chi connectivity index (χ0v) is 18.9. The smallest absolute Gasteiger partial charge is 0.270 e. The standard InChI is InChI=1S/C24H33N5O3/c1-16(2)9-22-27-21(10-23(28-22)26-19-14-32-15-19)24(31)25-11-20(30)13-29-8-7-17-5-3-4-6-18(17)12-29/h3-6,10,16,19-20,30H,7-9,11-15H2,1-2H3,(H,25,31)(H,26,27,28)/t20-/m0/s1. The summed E-state index contributed by atoms with van der Waals surface area (Å²) in [6.45, 7) is 7.90. The molecule has 1 atom stereocenters. The summed E-state index contributed by atoms with van der Waals surface area (Å²) in [5, 5.41) is 16.7. The van der Waals surface area contributed by atoms with Gasteiger partial charge >= 0.3 is 0 Å². The van der Waals surface area contributed by atoms with Gasteiger partial charge in [0, 0.05) is 38.7 Å². The van der Waals surface area contributed by atoms with Crippen LogP contribution < -0.4 is 10.6 Å². The molecule has 1 aromatic carbocycles. The molecule has 2 aliphatic rings. The number of benzene rings is 1. The van der Waals surface area contributed by atoms with Crippen LogP contribution in [0.1, 0.15) is 41.3 Å². The SMILES string of the molecule is CC(C)Cc1nc(NC2COC2)cc(C(=O)NC[C@H](O)CN2CCc3ccccc3C2)n1. The molecule has 8 nitrogen and oxygen atoms in total. The molecule has 1 amide bonds. The number of anilines is 1. The van der Waals surface area contributed by atoms with Crippen LogP contribution in [0.25, 0.3) is 0 Å². The molecule has 0 spiro atoms. The van der Waals surface area contributed by atoms with E-state index in [1.54, 1.807) is 6.07 Å². The van der Waals surface area contributed by atoms with Gasteiger partial charge in [0.1, 0.15) is 17.3 Å². The van der Waals surface area contributed by atoms with Gasteiger partial charge in [0.2, 0.25) is 0 Å². The van der Waals surface area contributed by atoms with Crippen molar-refractivity contribution in [2.24, 2.45) is 5.92 Å². The molecule has 0 unspecified atom stereocenters. The summed E-state index contributed by atoms with van der Waals surface area (Å²) in [4.78, 5) is 24.0. The summed E-state index contributed by atoms with van der Waals surface area (Å²) in [7, 11) is 0. The number of ether oxygens (including phenoxy) is 1. The van der Waals surface area contributed by atoms with Gasteiger partial charge in [0.05, 0.1) is 25.4 Å². The van der Waals surface area contributed by atoms with E-state index in [4.69, 9.17) is 4.74 Å². The van der Waals surface area contributed by atoms with Crippen LogP contribution in [0.2, 0.25) is 0 Å². The largest absolute Gasteiger partial charge is 0.390 e. The molecule has 2 aromatic rings. The van der Waals surface area contributed by atoms with Crippen molar-refractivity contribution in [3.05, 3.63) is 53.0 Å². The van der Waals surface area contributed by atoms with E-state index in [1.807, 2.05) is 0 Å². The zero-order valence-electron chi connectivity index (χ0n) is 18.9. The number of hydrogen-bond donors (Lipinski definition) is 3. The number of carbonyl (C=O) groups is 1. The Morgan fingerprint density at radius 1 is 1.25 bits per heavy atom. The summed E-state index contributed by atoms with van der Waals surface area (Å²) in [5.74, 6) is 1.36. The third-order valence-corrected chi connectivity index (χ3v) is 5.76. The number of hydrogen-bond acceptors (Lipinski definition) is 7. The van der Waals surface area contributed by atoms with Gasteiger partial charge in [0.15, 0.2) is 0 Å². The van der Waals surface area contributed by atoms with Crippen LogP contribution in [-0.4, -0.2) is 70.9 Å². The lowest BCUT2D eigenvalue weighted by Gasteiger charge is -2.30. The number of rotatable bonds is 9. The highest BCUT2D eigenvalue weighted by molar-refractivity contribution is 5.92. The van der Waals surface area contributed by atoms with Crippen LogP contribution in [0.3, 0.4) is 0 Å². The maximum Gasteiger partial charge on any atom is 0.270 e. The van der Waals surface area contributed by atoms with Gasteiger partial charge in [-0.25, -0.2) is 9.97 Å². The molecule has 0 radical (unpaired) electrons. The minimum Gasteiger partial charge on any atom is -0.390 e. The van der Waals surface area contributed by atoms with Gasteiger partial charge in [-0.15, -0.1) is 0 Å². The maximum absolute atomic E-state index is 12.8. The van der Waals surface area contributed by atoms with Crippen LogP contribution in [0.15, 0.2) is 30.3 Å². The second kappa shape index (κ2) is 10.4. The number of β-amino-alcohol motifs (C(OH)–C–C–N with tert-alkyl or cyclic N) is 1. The van der Waals surface area contributed by atoms with Gasteiger partial charge in [-0.1, -0.05) is 38.1 Å². The van der Waals surface area contributed by atoms with Crippen LogP contribution in [-0.2, 0) is 24.1 Å². The van der Waals surface area contributed by atoms with Crippen LogP contribution in [0.4, 0.5) is 5.82 Å². The second-order valence-corrected chi connectivity index (χ2v) is 9.15. The first-order valence-corrected chi connectivity index (χ1v) is 11.4. The Morgan fingerprint density at radius 2 is 2.03 bits per heavy atom. The predicted molar refractivity (Wildman–Crippen MR) is 123 cm³/mol. The first-order valence-electron chi connectivity index (χ1n) is 11.4. The van der Waals surface area contributed by atoms with Crippen molar-refractivity contribution >= 4 is 11.7 Å². The van der Waals surface area contributed by atoms with E-state index in [9.17, 15) is 9.90 Å². The Kier molecular flexibility index (Phi) is 7.34. The van der Waals surface area contributed by atoms with Gasteiger partial charge < -0.3 is 20.5 Å². The van der Waals surface area contributed by atoms with E-state index in [1.165, 1.54) is 11.1 Å². The third kappa shape index (κ3) is 6.03. The fourth-order valence-corrected chi connectivity index (χ4v) is 4.05. The molecule has 32 heavy (non-hydrogen) atoms. The Balaban J connectivity index is 1.33. The lowest BCUT2D eigenvalue weighted by Crippen LogP contribution is -2.42. The fraction of sp³-hybridized carbons (Fsp3) is 0.542. The summed E-state index contributed by atoms with van der Waals surface area (Å²) in [5.41, 5.74) is 3.01. The maximum atomic E-state index is 12.8. The van der Waals surface area contributed by atoms with Crippen molar-refractivity contribution in [1.82, 2.24) is 20.2 Å². The van der Waals surface area contributed by atoms with E-state index < -0.39 is 6.10 Å². The van der Waals surface area contributed by atoms with Crippen molar-refractivity contribution in [1.29, 1.82) is 0 Å². The van der Waals surface area contributed by atoms with Gasteiger partial charge in [-0.05, 0) is 23.5 Å². The third-order valence-electron chi connectivity index (χ3n) is 5.76. The first-order chi connectivity index (χ1) is 15.5. The van der Waals surface area contributed by atoms with Crippen LogP contribution in [0.5, 0.6) is 0 Å².